The second-order valence-electron chi connectivity index (χ2n) is 6.09. The average Bonchev–Trinajstić information content (AvgIpc) is 3.39. The molecule has 1 N–H and O–H groups in total. The van der Waals surface area contributed by atoms with Gasteiger partial charge in [-0.05, 0) is 42.2 Å². The Morgan fingerprint density at radius 2 is 2.03 bits per heavy atom. The first kappa shape index (κ1) is 19.3. The van der Waals surface area contributed by atoms with Crippen molar-refractivity contribution in [2.75, 3.05) is 11.6 Å². The van der Waals surface area contributed by atoms with Crippen molar-refractivity contribution >= 4 is 34.1 Å². The number of halogens is 1. The van der Waals surface area contributed by atoms with Crippen LogP contribution >= 0.6 is 23.1 Å². The number of carbonyl (C=O) groups excluding carboxylic acids is 1. The summed E-state index contributed by atoms with van der Waals surface area (Å²) in [6.07, 6.45) is 6.06. The number of hydrogen-bond acceptors (Lipinski definition) is 6. The van der Waals surface area contributed by atoms with E-state index in [2.05, 4.69) is 20.5 Å². The van der Waals surface area contributed by atoms with Gasteiger partial charge in [0.05, 0.1) is 0 Å². The highest BCUT2D eigenvalue weighted by Crippen LogP contribution is 2.21. The van der Waals surface area contributed by atoms with Crippen molar-refractivity contribution in [2.24, 2.45) is 0 Å². The van der Waals surface area contributed by atoms with Crippen LogP contribution in [0.4, 0.5) is 9.52 Å². The lowest BCUT2D eigenvalue weighted by molar-refractivity contribution is 0.102. The molecule has 2 heterocycles. The Kier molecular flexibility index (Phi) is 5.68. The second-order valence-corrected chi connectivity index (χ2v) is 7.93. The molecule has 2 aromatic heterocycles. The monoisotopic (exact) mass is 425 g/mol. The van der Waals surface area contributed by atoms with E-state index >= 15 is 0 Å². The minimum Gasteiger partial charge on any atom is -0.296 e. The Labute approximate surface area is 174 Å². The van der Waals surface area contributed by atoms with Crippen molar-refractivity contribution in [3.63, 3.8) is 0 Å². The summed E-state index contributed by atoms with van der Waals surface area (Å²) < 4.78 is 14.9. The number of nitrogens with zero attached hydrogens (tertiary/aromatic N) is 4. The molecule has 0 aliphatic carbocycles. The van der Waals surface area contributed by atoms with Crippen molar-refractivity contribution < 1.29 is 9.18 Å². The van der Waals surface area contributed by atoms with Gasteiger partial charge in [-0.3, -0.25) is 14.7 Å². The zero-order chi connectivity index (χ0) is 20.2. The van der Waals surface area contributed by atoms with Crippen LogP contribution in [0.2, 0.25) is 0 Å². The first-order valence-corrected chi connectivity index (χ1v) is 10.7. The van der Waals surface area contributed by atoms with Crippen LogP contribution in [0.25, 0.3) is 5.69 Å². The molecule has 1 amide bonds. The van der Waals surface area contributed by atoms with E-state index in [9.17, 15) is 9.18 Å². The van der Waals surface area contributed by atoms with Gasteiger partial charge in [-0.15, -0.1) is 10.2 Å². The van der Waals surface area contributed by atoms with Gasteiger partial charge in [-0.2, -0.15) is 0 Å². The molecule has 4 rings (SSSR count). The summed E-state index contributed by atoms with van der Waals surface area (Å²) in [5, 5.41) is 12.9. The SMILES string of the molecule is CSc1nccn1-c1cccc(C(=O)Nc2nnc(Cc3ccc(F)cc3)s2)c1. The molecule has 0 aliphatic heterocycles. The maximum absolute atomic E-state index is 13.0. The van der Waals surface area contributed by atoms with Crippen LogP contribution in [0.1, 0.15) is 20.9 Å². The first-order chi connectivity index (χ1) is 14.1. The number of hydrogen-bond donors (Lipinski definition) is 1. The normalized spacial score (nSPS) is 10.8. The lowest BCUT2D eigenvalue weighted by atomic mass is 10.2. The molecule has 9 heteroatoms. The molecule has 0 atom stereocenters. The summed E-state index contributed by atoms with van der Waals surface area (Å²) in [5.74, 6) is -0.538. The van der Waals surface area contributed by atoms with Gasteiger partial charge in [-0.1, -0.05) is 41.3 Å². The van der Waals surface area contributed by atoms with Gasteiger partial charge in [0, 0.05) is 30.1 Å². The highest BCUT2D eigenvalue weighted by atomic mass is 32.2. The van der Waals surface area contributed by atoms with Gasteiger partial charge in [-0.25, -0.2) is 9.37 Å². The third-order valence-corrected chi connectivity index (χ3v) is 5.64. The summed E-state index contributed by atoms with van der Waals surface area (Å²) in [7, 11) is 0. The lowest BCUT2D eigenvalue weighted by Crippen LogP contribution is -2.12. The molecule has 0 radical (unpaired) electrons. The minimum absolute atomic E-state index is 0.262. The van der Waals surface area contributed by atoms with E-state index in [1.807, 2.05) is 29.2 Å². The van der Waals surface area contributed by atoms with Gasteiger partial charge >= 0.3 is 0 Å². The number of thioether (sulfide) groups is 1. The standard InChI is InChI=1S/C20H16FN5OS2/c1-28-20-22-9-10-26(20)16-4-2-3-14(12-16)18(27)23-19-25-24-17(29-19)11-13-5-7-15(21)8-6-13/h2-10,12H,11H2,1H3,(H,23,25,27). The Morgan fingerprint density at radius 1 is 1.21 bits per heavy atom. The largest absolute Gasteiger partial charge is 0.296 e. The highest BCUT2D eigenvalue weighted by Gasteiger charge is 2.12. The van der Waals surface area contributed by atoms with E-state index in [0.29, 0.717) is 17.1 Å². The predicted octanol–water partition coefficient (Wildman–Crippen LogP) is 4.43. The van der Waals surface area contributed by atoms with Gasteiger partial charge < -0.3 is 0 Å². The molecule has 0 saturated carbocycles. The van der Waals surface area contributed by atoms with Gasteiger partial charge in [0.1, 0.15) is 10.8 Å². The molecule has 0 saturated heterocycles. The molecule has 146 valence electrons. The minimum atomic E-state index is -0.276. The maximum Gasteiger partial charge on any atom is 0.257 e. The van der Waals surface area contributed by atoms with E-state index < -0.39 is 0 Å². The Hall–Kier alpha value is -3.04. The van der Waals surface area contributed by atoms with Gasteiger partial charge in [0.15, 0.2) is 5.16 Å². The quantitative estimate of drug-likeness (QED) is 0.463. The van der Waals surface area contributed by atoms with Crippen molar-refractivity contribution in [1.29, 1.82) is 0 Å². The fourth-order valence-electron chi connectivity index (χ4n) is 2.76. The summed E-state index contributed by atoms with van der Waals surface area (Å²) >= 11 is 2.83. The fourth-order valence-corrected chi connectivity index (χ4v) is 4.05. The Bertz CT molecular complexity index is 1140. The summed E-state index contributed by atoms with van der Waals surface area (Å²) in [6.45, 7) is 0. The smallest absolute Gasteiger partial charge is 0.257 e. The van der Waals surface area contributed by atoms with E-state index in [4.69, 9.17) is 0 Å². The van der Waals surface area contributed by atoms with Gasteiger partial charge in [0.25, 0.3) is 5.91 Å². The van der Waals surface area contributed by atoms with E-state index in [1.54, 1.807) is 30.5 Å². The lowest BCUT2D eigenvalue weighted by Gasteiger charge is -2.08. The van der Waals surface area contributed by atoms with Crippen molar-refractivity contribution in [3.8, 4) is 5.69 Å². The number of carbonyl (C=O) groups is 1. The van der Waals surface area contributed by atoms with Crippen LogP contribution in [-0.4, -0.2) is 31.9 Å². The molecule has 2 aromatic carbocycles. The number of nitrogens with one attached hydrogen (secondary N) is 1. The Balaban J connectivity index is 1.47. The number of imidazole rings is 1. The number of amides is 1. The Morgan fingerprint density at radius 3 is 2.83 bits per heavy atom. The molecule has 29 heavy (non-hydrogen) atoms. The zero-order valence-corrected chi connectivity index (χ0v) is 17.0. The molecule has 0 bridgehead atoms. The molecule has 0 fully saturated rings. The molecule has 0 aliphatic rings. The third kappa shape index (κ3) is 4.52. The molecule has 6 nitrogen and oxygen atoms in total. The zero-order valence-electron chi connectivity index (χ0n) is 15.4. The highest BCUT2D eigenvalue weighted by molar-refractivity contribution is 7.98. The third-order valence-electron chi connectivity index (χ3n) is 4.13. The van der Waals surface area contributed by atoms with Crippen LogP contribution in [0.5, 0.6) is 0 Å². The molecular formula is C20H16FN5OS2. The van der Waals surface area contributed by atoms with Crippen molar-refractivity contribution in [1.82, 2.24) is 19.7 Å². The predicted molar refractivity (Wildman–Crippen MR) is 112 cm³/mol. The van der Waals surface area contributed by atoms with Crippen LogP contribution in [0, 0.1) is 5.82 Å². The molecule has 0 spiro atoms. The fraction of sp³-hybridized carbons (Fsp3) is 0.100. The molecule has 0 unspecified atom stereocenters. The van der Waals surface area contributed by atoms with Crippen molar-refractivity contribution in [2.45, 2.75) is 11.6 Å². The maximum atomic E-state index is 13.0. The topological polar surface area (TPSA) is 72.7 Å². The van der Waals surface area contributed by atoms with E-state index in [0.717, 1.165) is 21.4 Å². The van der Waals surface area contributed by atoms with Crippen LogP contribution in [-0.2, 0) is 6.42 Å². The van der Waals surface area contributed by atoms with E-state index in [-0.39, 0.29) is 11.7 Å². The summed E-state index contributed by atoms with van der Waals surface area (Å²) in [6, 6.07) is 13.5. The number of benzene rings is 2. The van der Waals surface area contributed by atoms with Crippen LogP contribution < -0.4 is 5.32 Å². The molecular weight excluding hydrogens is 409 g/mol. The summed E-state index contributed by atoms with van der Waals surface area (Å²) in [5.41, 5.74) is 2.30. The van der Waals surface area contributed by atoms with E-state index in [1.165, 1.54) is 35.2 Å². The first-order valence-electron chi connectivity index (χ1n) is 8.68. The molecule has 4 aromatic rings. The number of rotatable bonds is 6. The second kappa shape index (κ2) is 8.54. The summed E-state index contributed by atoms with van der Waals surface area (Å²) in [4.78, 5) is 16.9. The van der Waals surface area contributed by atoms with Crippen LogP contribution in [0.15, 0.2) is 66.1 Å². The van der Waals surface area contributed by atoms with Crippen LogP contribution in [0.3, 0.4) is 0 Å². The van der Waals surface area contributed by atoms with Crippen molar-refractivity contribution in [3.05, 3.63) is 82.9 Å². The number of aromatic nitrogens is 4. The average molecular weight is 426 g/mol. The number of anilines is 1. The van der Waals surface area contributed by atoms with Gasteiger partial charge in [0.2, 0.25) is 5.13 Å².